The van der Waals surface area contributed by atoms with E-state index in [4.69, 9.17) is 27.9 Å². The molecule has 150 valence electrons. The van der Waals surface area contributed by atoms with Gasteiger partial charge in [0.1, 0.15) is 5.56 Å². The molecule has 0 aliphatic rings. The number of anilines is 2. The highest BCUT2D eigenvalue weighted by Gasteiger charge is 2.21. The molecule has 0 radical (unpaired) electrons. The van der Waals surface area contributed by atoms with Gasteiger partial charge in [-0.2, -0.15) is 0 Å². The molecular weight excluding hydrogens is 413 g/mol. The molecule has 0 saturated heterocycles. The van der Waals surface area contributed by atoms with Gasteiger partial charge in [0.15, 0.2) is 0 Å². The second kappa shape index (κ2) is 8.68. The predicted molar refractivity (Wildman–Crippen MR) is 116 cm³/mol. The molecule has 0 fully saturated rings. The average Bonchev–Trinajstić information content (AvgIpc) is 2.67. The highest BCUT2D eigenvalue weighted by Crippen LogP contribution is 2.33. The molecule has 0 aliphatic carbocycles. The second-order valence-corrected chi connectivity index (χ2v) is 7.20. The summed E-state index contributed by atoms with van der Waals surface area (Å²) in [5, 5.41) is 4.02. The average molecular weight is 432 g/mol. The zero-order valence-corrected chi connectivity index (χ0v) is 17.6. The van der Waals surface area contributed by atoms with Crippen LogP contribution in [0, 0.1) is 0 Å². The van der Waals surface area contributed by atoms with Gasteiger partial charge in [-0.25, -0.2) is 4.79 Å². The van der Waals surface area contributed by atoms with E-state index in [2.05, 4.69) is 10.3 Å². The Hall–Kier alpha value is -2.83. The summed E-state index contributed by atoms with van der Waals surface area (Å²) < 4.78 is 5.14. The molecule has 0 atom stereocenters. The third-order valence-corrected chi connectivity index (χ3v) is 4.88. The van der Waals surface area contributed by atoms with Crippen LogP contribution in [-0.4, -0.2) is 37.6 Å². The molecule has 0 spiro atoms. The monoisotopic (exact) mass is 431 g/mol. The number of carbonyl (C=O) groups is 2. The molecule has 1 amide bonds. The number of benzene rings is 2. The van der Waals surface area contributed by atoms with Crippen molar-refractivity contribution in [1.29, 1.82) is 0 Å². The van der Waals surface area contributed by atoms with Crippen molar-refractivity contribution < 1.29 is 14.3 Å². The largest absolute Gasteiger partial charge is 0.462 e. The Bertz CT molecular complexity index is 1080. The summed E-state index contributed by atoms with van der Waals surface area (Å²) in [5.74, 6) is -0.904. The van der Waals surface area contributed by atoms with Gasteiger partial charge in [0.25, 0.3) is 5.91 Å². The Labute approximate surface area is 178 Å². The van der Waals surface area contributed by atoms with Crippen LogP contribution < -0.4 is 10.2 Å². The van der Waals surface area contributed by atoms with Crippen LogP contribution in [0.3, 0.4) is 0 Å². The van der Waals surface area contributed by atoms with Crippen LogP contribution in [0.1, 0.15) is 27.6 Å². The summed E-state index contributed by atoms with van der Waals surface area (Å²) >= 11 is 12.3. The first-order chi connectivity index (χ1) is 13.8. The zero-order chi connectivity index (χ0) is 21.1. The van der Waals surface area contributed by atoms with Crippen molar-refractivity contribution in [2.75, 3.05) is 30.9 Å². The maximum Gasteiger partial charge on any atom is 0.341 e. The summed E-state index contributed by atoms with van der Waals surface area (Å²) in [6, 6.07) is 10.2. The van der Waals surface area contributed by atoms with Crippen LogP contribution in [0.2, 0.25) is 10.0 Å². The number of fused-ring (bicyclic) bond motifs is 1. The number of halogens is 2. The maximum atomic E-state index is 12.8. The first kappa shape index (κ1) is 20.9. The number of carbonyl (C=O) groups excluding carboxylic acids is 2. The highest BCUT2D eigenvalue weighted by atomic mass is 35.5. The number of nitrogens with one attached hydrogen (secondary N) is 1. The van der Waals surface area contributed by atoms with Crippen molar-refractivity contribution in [2.45, 2.75) is 6.92 Å². The normalized spacial score (nSPS) is 10.7. The van der Waals surface area contributed by atoms with E-state index < -0.39 is 11.9 Å². The lowest BCUT2D eigenvalue weighted by Gasteiger charge is -2.20. The van der Waals surface area contributed by atoms with Crippen LogP contribution in [0.5, 0.6) is 0 Å². The molecule has 0 aliphatic heterocycles. The third-order valence-electron chi connectivity index (χ3n) is 4.25. The van der Waals surface area contributed by atoms with Crippen LogP contribution in [0.25, 0.3) is 10.9 Å². The van der Waals surface area contributed by atoms with Crippen molar-refractivity contribution in [1.82, 2.24) is 4.98 Å². The van der Waals surface area contributed by atoms with E-state index in [0.717, 1.165) is 0 Å². The number of aromatic nitrogens is 1. The molecule has 1 heterocycles. The van der Waals surface area contributed by atoms with Gasteiger partial charge in [-0.05, 0) is 25.1 Å². The van der Waals surface area contributed by atoms with Crippen LogP contribution >= 0.6 is 23.2 Å². The van der Waals surface area contributed by atoms with Gasteiger partial charge in [0.2, 0.25) is 0 Å². The van der Waals surface area contributed by atoms with Crippen molar-refractivity contribution in [2.24, 2.45) is 0 Å². The Kier molecular flexibility index (Phi) is 6.25. The Morgan fingerprint density at radius 3 is 2.38 bits per heavy atom. The van der Waals surface area contributed by atoms with Gasteiger partial charge in [0.05, 0.1) is 39.1 Å². The summed E-state index contributed by atoms with van der Waals surface area (Å²) in [6.07, 6.45) is 1.45. The minimum Gasteiger partial charge on any atom is -0.462 e. The molecule has 0 saturated carbocycles. The Morgan fingerprint density at radius 1 is 1.10 bits per heavy atom. The van der Waals surface area contributed by atoms with Crippen molar-refractivity contribution in [3.05, 3.63) is 63.8 Å². The molecule has 6 nitrogen and oxygen atoms in total. The first-order valence-electron chi connectivity index (χ1n) is 8.86. The highest BCUT2D eigenvalue weighted by molar-refractivity contribution is 6.40. The number of para-hydroxylation sites is 1. The lowest BCUT2D eigenvalue weighted by atomic mass is 10.1. The quantitative estimate of drug-likeness (QED) is 0.573. The summed E-state index contributed by atoms with van der Waals surface area (Å²) in [7, 11) is 3.65. The van der Waals surface area contributed by atoms with Crippen molar-refractivity contribution in [3.63, 3.8) is 0 Å². The standard InChI is InChI=1S/C21H19Cl2N3O3/c1-4-29-21(28)13-11-24-18-12(19(13)26(2)3)7-5-10-16(18)25-20(27)17-14(22)8-6-9-15(17)23/h5-11H,4H2,1-3H3,(H,25,27). The fourth-order valence-corrected chi connectivity index (χ4v) is 3.62. The molecule has 8 heteroatoms. The van der Waals surface area contributed by atoms with Crippen molar-refractivity contribution >= 4 is 57.4 Å². The van der Waals surface area contributed by atoms with E-state index in [9.17, 15) is 9.59 Å². The van der Waals surface area contributed by atoms with Gasteiger partial charge in [0, 0.05) is 25.7 Å². The summed E-state index contributed by atoms with van der Waals surface area (Å²) in [4.78, 5) is 31.4. The minimum absolute atomic E-state index is 0.184. The molecule has 1 aromatic heterocycles. The Morgan fingerprint density at radius 2 is 1.76 bits per heavy atom. The third kappa shape index (κ3) is 4.13. The van der Waals surface area contributed by atoms with E-state index in [0.29, 0.717) is 27.8 Å². The molecule has 2 aromatic carbocycles. The number of hydrogen-bond acceptors (Lipinski definition) is 5. The van der Waals surface area contributed by atoms with Gasteiger partial charge in [-0.15, -0.1) is 0 Å². The van der Waals surface area contributed by atoms with E-state index >= 15 is 0 Å². The van der Waals surface area contributed by atoms with Gasteiger partial charge >= 0.3 is 5.97 Å². The zero-order valence-electron chi connectivity index (χ0n) is 16.1. The molecule has 1 N–H and O–H groups in total. The number of pyridine rings is 1. The number of rotatable bonds is 5. The number of hydrogen-bond donors (Lipinski definition) is 1. The second-order valence-electron chi connectivity index (χ2n) is 6.39. The van der Waals surface area contributed by atoms with Crippen LogP contribution in [0.4, 0.5) is 11.4 Å². The number of esters is 1. The van der Waals surface area contributed by atoms with E-state index in [1.165, 1.54) is 6.20 Å². The van der Waals surface area contributed by atoms with Crippen molar-refractivity contribution in [3.8, 4) is 0 Å². The number of ether oxygens (including phenoxy) is 1. The number of amides is 1. The van der Waals surface area contributed by atoms with Crippen LogP contribution in [-0.2, 0) is 4.74 Å². The topological polar surface area (TPSA) is 71.5 Å². The molecule has 3 aromatic rings. The van der Waals surface area contributed by atoms with E-state index in [-0.39, 0.29) is 22.2 Å². The van der Waals surface area contributed by atoms with Gasteiger partial charge in [-0.3, -0.25) is 9.78 Å². The summed E-state index contributed by atoms with van der Waals surface area (Å²) in [6.45, 7) is 2.01. The molecule has 0 bridgehead atoms. The van der Waals surface area contributed by atoms with Crippen LogP contribution in [0.15, 0.2) is 42.6 Å². The van der Waals surface area contributed by atoms with E-state index in [1.807, 2.05) is 25.1 Å². The SMILES string of the molecule is CCOC(=O)c1cnc2c(NC(=O)c3c(Cl)cccc3Cl)cccc2c1N(C)C. The molecule has 3 rings (SSSR count). The number of nitrogens with zero attached hydrogens (tertiary/aromatic N) is 2. The minimum atomic E-state index is -0.456. The molecule has 29 heavy (non-hydrogen) atoms. The lowest BCUT2D eigenvalue weighted by Crippen LogP contribution is -2.17. The fourth-order valence-electron chi connectivity index (χ4n) is 3.05. The van der Waals surface area contributed by atoms with Gasteiger partial charge in [-0.1, -0.05) is 41.4 Å². The molecular formula is C21H19Cl2N3O3. The lowest BCUT2D eigenvalue weighted by molar-refractivity contribution is 0.0526. The predicted octanol–water partition coefficient (Wildman–Crippen LogP) is 5.04. The molecule has 0 unspecified atom stereocenters. The first-order valence-corrected chi connectivity index (χ1v) is 9.62. The fraction of sp³-hybridized carbons (Fsp3) is 0.190. The Balaban J connectivity index is 2.10. The smallest absolute Gasteiger partial charge is 0.341 e. The maximum absolute atomic E-state index is 12.8. The van der Waals surface area contributed by atoms with E-state index in [1.54, 1.807) is 37.3 Å². The summed E-state index contributed by atoms with van der Waals surface area (Å²) in [5.41, 5.74) is 2.19. The van der Waals surface area contributed by atoms with Gasteiger partial charge < -0.3 is 15.0 Å².